The van der Waals surface area contributed by atoms with Crippen LogP contribution in [-0.2, 0) is 23.9 Å². The summed E-state index contributed by atoms with van der Waals surface area (Å²) in [6.45, 7) is 6.53. The molecule has 1 N–H and O–H groups in total. The van der Waals surface area contributed by atoms with Gasteiger partial charge in [-0.3, -0.25) is 19.2 Å². The summed E-state index contributed by atoms with van der Waals surface area (Å²) in [6, 6.07) is 0. The standard InChI is InChI=1S/C23H32O6/c1-13(24)17-6-8-20(28)23(17,4)21(29-14(2)25)12-18-19(27)7-5-15-11-16(26)9-10-22(15,18)3/h5,16-18,21,26H,6-12H2,1-4H3/t16-,17-,18-,21+,22-,23+/m0/s1. The monoisotopic (exact) mass is 404 g/mol. The van der Waals surface area contributed by atoms with Crippen molar-refractivity contribution in [3.8, 4) is 0 Å². The predicted octanol–water partition coefficient (Wildman–Crippen LogP) is 2.95. The summed E-state index contributed by atoms with van der Waals surface area (Å²) >= 11 is 0. The van der Waals surface area contributed by atoms with Gasteiger partial charge in [0.05, 0.1) is 11.5 Å². The predicted molar refractivity (Wildman–Crippen MR) is 106 cm³/mol. The van der Waals surface area contributed by atoms with Crippen molar-refractivity contribution < 1.29 is 29.0 Å². The Morgan fingerprint density at radius 2 is 1.93 bits per heavy atom. The van der Waals surface area contributed by atoms with Gasteiger partial charge < -0.3 is 9.84 Å². The quantitative estimate of drug-likeness (QED) is 0.559. The molecule has 0 heterocycles. The minimum atomic E-state index is -1.11. The number of hydrogen-bond acceptors (Lipinski definition) is 6. The van der Waals surface area contributed by atoms with Crippen LogP contribution in [0, 0.1) is 22.7 Å². The molecule has 0 amide bonds. The molecule has 2 fully saturated rings. The molecule has 29 heavy (non-hydrogen) atoms. The molecule has 0 unspecified atom stereocenters. The highest BCUT2D eigenvalue weighted by atomic mass is 16.5. The fraction of sp³-hybridized carbons (Fsp3) is 0.739. The van der Waals surface area contributed by atoms with E-state index in [2.05, 4.69) is 0 Å². The molecule has 160 valence electrons. The fourth-order valence-corrected chi connectivity index (χ4v) is 5.94. The van der Waals surface area contributed by atoms with Gasteiger partial charge in [0.2, 0.25) is 0 Å². The Morgan fingerprint density at radius 3 is 2.55 bits per heavy atom. The van der Waals surface area contributed by atoms with E-state index in [4.69, 9.17) is 4.74 Å². The van der Waals surface area contributed by atoms with Crippen LogP contribution in [0.4, 0.5) is 0 Å². The molecule has 0 aromatic rings. The lowest BCUT2D eigenvalue weighted by atomic mass is 9.56. The third-order valence-electron chi connectivity index (χ3n) is 7.80. The number of hydrogen-bond donors (Lipinski definition) is 1. The van der Waals surface area contributed by atoms with E-state index >= 15 is 0 Å². The van der Waals surface area contributed by atoms with Crippen LogP contribution in [0.2, 0.25) is 0 Å². The van der Waals surface area contributed by atoms with Crippen LogP contribution >= 0.6 is 0 Å². The number of rotatable bonds is 5. The van der Waals surface area contributed by atoms with Crippen molar-refractivity contribution in [2.24, 2.45) is 22.7 Å². The second kappa shape index (κ2) is 7.78. The summed E-state index contributed by atoms with van der Waals surface area (Å²) in [7, 11) is 0. The van der Waals surface area contributed by atoms with Crippen LogP contribution < -0.4 is 0 Å². The maximum Gasteiger partial charge on any atom is 0.302 e. The molecule has 6 heteroatoms. The van der Waals surface area contributed by atoms with Crippen molar-refractivity contribution in [3.05, 3.63) is 11.6 Å². The number of aliphatic hydroxyl groups is 1. The summed E-state index contributed by atoms with van der Waals surface area (Å²) in [5, 5.41) is 10.1. The van der Waals surface area contributed by atoms with Crippen LogP contribution in [0.1, 0.15) is 72.6 Å². The summed E-state index contributed by atoms with van der Waals surface area (Å²) in [6.07, 6.45) is 3.80. The molecule has 0 radical (unpaired) electrons. The Labute approximate surface area is 172 Å². The van der Waals surface area contributed by atoms with Crippen molar-refractivity contribution in [3.63, 3.8) is 0 Å². The molecule has 2 saturated carbocycles. The lowest BCUT2D eigenvalue weighted by molar-refractivity contribution is -0.164. The molecular weight excluding hydrogens is 372 g/mol. The Morgan fingerprint density at radius 1 is 1.24 bits per heavy atom. The number of carbonyl (C=O) groups is 4. The number of fused-ring (bicyclic) bond motifs is 1. The zero-order chi connectivity index (χ0) is 21.6. The number of ether oxygens (including phenoxy) is 1. The molecule has 3 aliphatic rings. The first-order valence-corrected chi connectivity index (χ1v) is 10.6. The fourth-order valence-electron chi connectivity index (χ4n) is 5.94. The van der Waals surface area contributed by atoms with Crippen LogP contribution in [0.3, 0.4) is 0 Å². The molecule has 0 saturated heterocycles. The van der Waals surface area contributed by atoms with Gasteiger partial charge >= 0.3 is 5.97 Å². The third-order valence-corrected chi connectivity index (χ3v) is 7.80. The molecule has 0 aromatic carbocycles. The number of esters is 1. The zero-order valence-corrected chi connectivity index (χ0v) is 17.8. The normalized spacial score (nSPS) is 38.2. The lowest BCUT2D eigenvalue weighted by Crippen LogP contribution is -2.50. The maximum atomic E-state index is 13.0. The molecule has 6 nitrogen and oxygen atoms in total. The highest BCUT2D eigenvalue weighted by Gasteiger charge is 2.57. The second-order valence-corrected chi connectivity index (χ2v) is 9.51. The zero-order valence-electron chi connectivity index (χ0n) is 17.8. The molecule has 0 bridgehead atoms. The van der Waals surface area contributed by atoms with Crippen LogP contribution in [0.15, 0.2) is 11.6 Å². The van der Waals surface area contributed by atoms with Crippen molar-refractivity contribution >= 4 is 23.3 Å². The van der Waals surface area contributed by atoms with Gasteiger partial charge in [0.25, 0.3) is 0 Å². The van der Waals surface area contributed by atoms with Gasteiger partial charge in [-0.1, -0.05) is 18.6 Å². The van der Waals surface area contributed by atoms with Crippen molar-refractivity contribution in [1.29, 1.82) is 0 Å². The van der Waals surface area contributed by atoms with E-state index in [0.29, 0.717) is 25.7 Å². The van der Waals surface area contributed by atoms with Gasteiger partial charge in [0, 0.05) is 31.6 Å². The third kappa shape index (κ3) is 3.72. The molecule has 0 aromatic heterocycles. The first kappa shape index (κ1) is 21.9. The van der Waals surface area contributed by atoms with E-state index < -0.39 is 40.8 Å². The van der Waals surface area contributed by atoms with Gasteiger partial charge in [-0.15, -0.1) is 0 Å². The number of carbonyl (C=O) groups excluding carboxylic acids is 4. The number of Topliss-reactive ketones (excluding diaryl/α,β-unsaturated/α-hetero) is 3. The van der Waals surface area contributed by atoms with E-state index in [9.17, 15) is 24.3 Å². The Bertz CT molecular complexity index is 767. The average molecular weight is 405 g/mol. The number of allylic oxidation sites excluding steroid dienone is 1. The van der Waals surface area contributed by atoms with E-state index in [1.54, 1.807) is 6.92 Å². The van der Waals surface area contributed by atoms with Crippen molar-refractivity contribution in [2.75, 3.05) is 0 Å². The van der Waals surface area contributed by atoms with Gasteiger partial charge in [-0.05, 0) is 51.4 Å². The van der Waals surface area contributed by atoms with E-state index in [1.165, 1.54) is 13.8 Å². The summed E-state index contributed by atoms with van der Waals surface area (Å²) < 4.78 is 5.65. The summed E-state index contributed by atoms with van der Waals surface area (Å²) in [5.41, 5.74) is -0.450. The highest BCUT2D eigenvalue weighted by molar-refractivity contribution is 5.95. The van der Waals surface area contributed by atoms with E-state index in [1.807, 2.05) is 13.0 Å². The highest BCUT2D eigenvalue weighted by Crippen LogP contribution is 2.54. The molecule has 3 rings (SSSR count). The van der Waals surface area contributed by atoms with Gasteiger partial charge in [0.1, 0.15) is 23.5 Å². The second-order valence-electron chi connectivity index (χ2n) is 9.51. The first-order chi connectivity index (χ1) is 13.5. The van der Waals surface area contributed by atoms with Crippen LogP contribution in [0.5, 0.6) is 0 Å². The van der Waals surface area contributed by atoms with E-state index in [0.717, 1.165) is 5.57 Å². The average Bonchev–Trinajstić information content (AvgIpc) is 2.94. The molecule has 0 spiro atoms. The van der Waals surface area contributed by atoms with E-state index in [-0.39, 0.29) is 36.6 Å². The smallest absolute Gasteiger partial charge is 0.302 e. The molecule has 6 atom stereocenters. The SMILES string of the molecule is CC(=O)O[C@H](C[C@H]1C(=O)CC=C2C[C@@H](O)CC[C@@]21C)[C@@]1(C)C(=O)CC[C@H]1C(C)=O. The lowest BCUT2D eigenvalue weighted by Gasteiger charge is -2.48. The minimum absolute atomic E-state index is 0.0678. The summed E-state index contributed by atoms with van der Waals surface area (Å²) in [5.74, 6) is -1.52. The van der Waals surface area contributed by atoms with Crippen LogP contribution in [0.25, 0.3) is 0 Å². The summed E-state index contributed by atoms with van der Waals surface area (Å²) in [4.78, 5) is 50.1. The Kier molecular flexibility index (Phi) is 5.87. The topological polar surface area (TPSA) is 97.7 Å². The Hall–Kier alpha value is -1.82. The van der Waals surface area contributed by atoms with Gasteiger partial charge in [-0.2, -0.15) is 0 Å². The maximum absolute atomic E-state index is 13.0. The molecule has 3 aliphatic carbocycles. The minimum Gasteiger partial charge on any atom is -0.461 e. The van der Waals surface area contributed by atoms with Crippen molar-refractivity contribution in [2.45, 2.75) is 84.8 Å². The largest absolute Gasteiger partial charge is 0.461 e. The van der Waals surface area contributed by atoms with Crippen LogP contribution in [-0.4, -0.2) is 40.6 Å². The first-order valence-electron chi connectivity index (χ1n) is 10.6. The molecule has 0 aliphatic heterocycles. The Balaban J connectivity index is 1.97. The molecular formula is C23H32O6. The van der Waals surface area contributed by atoms with Crippen molar-refractivity contribution in [1.82, 2.24) is 0 Å². The van der Waals surface area contributed by atoms with Gasteiger partial charge in [0.15, 0.2) is 0 Å². The number of ketones is 3. The van der Waals surface area contributed by atoms with Gasteiger partial charge in [-0.25, -0.2) is 0 Å². The number of aliphatic hydroxyl groups excluding tert-OH is 1.